The van der Waals surface area contributed by atoms with Crippen LogP contribution in [0.4, 0.5) is 30.7 Å². The van der Waals surface area contributed by atoms with Crippen LogP contribution in [0.25, 0.3) is 11.1 Å². The van der Waals surface area contributed by atoms with Crippen molar-refractivity contribution in [1.29, 1.82) is 0 Å². The average molecular weight is 400 g/mol. The Morgan fingerprint density at radius 2 is 1.36 bits per heavy atom. The molecule has 0 saturated heterocycles. The quantitative estimate of drug-likeness (QED) is 0.360. The maximum absolute atomic E-state index is 14.3. The van der Waals surface area contributed by atoms with Crippen LogP contribution < -0.4 is 4.74 Å². The van der Waals surface area contributed by atoms with E-state index in [1.807, 2.05) is 0 Å². The molecule has 0 amide bonds. The smallest absolute Gasteiger partial charge is 0.429 e. The van der Waals surface area contributed by atoms with E-state index in [2.05, 4.69) is 4.74 Å². The van der Waals surface area contributed by atoms with Crippen molar-refractivity contribution >= 4 is 0 Å². The van der Waals surface area contributed by atoms with E-state index in [1.165, 1.54) is 13.0 Å². The van der Waals surface area contributed by atoms with E-state index in [4.69, 9.17) is 0 Å². The molecule has 0 spiro atoms. The highest BCUT2D eigenvalue weighted by Gasteiger charge is 2.37. The molecule has 0 bridgehead atoms. The van der Waals surface area contributed by atoms with Crippen molar-refractivity contribution in [2.24, 2.45) is 0 Å². The molecule has 3 aromatic carbocycles. The minimum absolute atomic E-state index is 0.336. The molecular weight excluding hydrogens is 389 g/mol. The van der Waals surface area contributed by atoms with E-state index >= 15 is 0 Å². The Morgan fingerprint density at radius 3 is 1.93 bits per heavy atom. The normalized spacial score (nSPS) is 11.6. The fourth-order valence-corrected chi connectivity index (χ4v) is 2.56. The van der Waals surface area contributed by atoms with E-state index in [0.29, 0.717) is 23.8 Å². The molecule has 0 atom stereocenters. The van der Waals surface area contributed by atoms with Gasteiger partial charge in [0.1, 0.15) is 17.4 Å². The van der Waals surface area contributed by atoms with Gasteiger partial charge in [0.05, 0.1) is 5.56 Å². The van der Waals surface area contributed by atoms with Crippen molar-refractivity contribution in [3.05, 3.63) is 88.7 Å². The topological polar surface area (TPSA) is 9.23 Å². The summed E-state index contributed by atoms with van der Waals surface area (Å²) in [7, 11) is 0. The van der Waals surface area contributed by atoms with E-state index in [9.17, 15) is 30.7 Å². The highest BCUT2D eigenvalue weighted by molar-refractivity contribution is 5.65. The summed E-state index contributed by atoms with van der Waals surface area (Å²) in [4.78, 5) is 0. The predicted molar refractivity (Wildman–Crippen MR) is 87.4 cm³/mol. The summed E-state index contributed by atoms with van der Waals surface area (Å²) in [6.45, 7) is 1.51. The van der Waals surface area contributed by atoms with Gasteiger partial charge in [-0.3, -0.25) is 0 Å². The minimum atomic E-state index is -4.10. The molecule has 0 aliphatic heterocycles. The summed E-state index contributed by atoms with van der Waals surface area (Å²) in [5.74, 6) is -7.77. The molecule has 0 unspecified atom stereocenters. The van der Waals surface area contributed by atoms with Crippen LogP contribution in [0.1, 0.15) is 11.1 Å². The number of hydrogen-bond donors (Lipinski definition) is 0. The van der Waals surface area contributed by atoms with Gasteiger partial charge < -0.3 is 4.74 Å². The van der Waals surface area contributed by atoms with Gasteiger partial charge in [-0.05, 0) is 54.4 Å². The second kappa shape index (κ2) is 7.18. The summed E-state index contributed by atoms with van der Waals surface area (Å²) in [6, 6.07) is 6.52. The number of aryl methyl sites for hydroxylation is 1. The van der Waals surface area contributed by atoms with E-state index in [-0.39, 0.29) is 11.1 Å². The van der Waals surface area contributed by atoms with Crippen molar-refractivity contribution in [3.63, 3.8) is 0 Å². The Bertz CT molecular complexity index is 1020. The molecule has 3 aromatic rings. The number of alkyl halides is 2. The van der Waals surface area contributed by atoms with Crippen LogP contribution in [-0.2, 0) is 6.11 Å². The van der Waals surface area contributed by atoms with Crippen molar-refractivity contribution in [2.75, 3.05) is 0 Å². The first-order valence-electron chi connectivity index (χ1n) is 7.86. The zero-order valence-corrected chi connectivity index (χ0v) is 14.2. The van der Waals surface area contributed by atoms with Crippen molar-refractivity contribution in [2.45, 2.75) is 13.0 Å². The number of rotatable bonds is 4. The largest absolute Gasteiger partial charge is 0.429 e. The summed E-state index contributed by atoms with van der Waals surface area (Å²) in [6.07, 6.45) is -4.10. The maximum Gasteiger partial charge on any atom is 0.429 e. The number of halogens is 7. The van der Waals surface area contributed by atoms with Gasteiger partial charge in [0.2, 0.25) is 0 Å². The lowest BCUT2D eigenvalue weighted by Gasteiger charge is -2.19. The Hall–Kier alpha value is -3.03. The van der Waals surface area contributed by atoms with Gasteiger partial charge in [-0.15, -0.1) is 0 Å². The van der Waals surface area contributed by atoms with Gasteiger partial charge in [-0.25, -0.2) is 22.0 Å². The summed E-state index contributed by atoms with van der Waals surface area (Å²) >= 11 is 0. The molecule has 0 N–H and O–H groups in total. The van der Waals surface area contributed by atoms with Gasteiger partial charge in [0.15, 0.2) is 17.5 Å². The fourth-order valence-electron chi connectivity index (χ4n) is 2.56. The van der Waals surface area contributed by atoms with Crippen LogP contribution in [0.3, 0.4) is 0 Å². The van der Waals surface area contributed by atoms with Gasteiger partial charge in [-0.1, -0.05) is 6.07 Å². The predicted octanol–water partition coefficient (Wildman–Crippen LogP) is 6.49. The van der Waals surface area contributed by atoms with Crippen molar-refractivity contribution in [3.8, 4) is 16.9 Å². The molecule has 0 radical (unpaired) electrons. The molecule has 0 aliphatic rings. The summed E-state index contributed by atoms with van der Waals surface area (Å²) < 4.78 is 101. The lowest BCUT2D eigenvalue weighted by molar-refractivity contribution is -0.187. The Labute approximate surface area is 155 Å². The maximum atomic E-state index is 14.3. The monoisotopic (exact) mass is 400 g/mol. The highest BCUT2D eigenvalue weighted by Crippen LogP contribution is 2.35. The Balaban J connectivity index is 1.92. The first-order valence-corrected chi connectivity index (χ1v) is 7.86. The summed E-state index contributed by atoms with van der Waals surface area (Å²) in [5.41, 5.74) is -1.32. The Morgan fingerprint density at radius 1 is 0.714 bits per heavy atom. The zero-order valence-electron chi connectivity index (χ0n) is 14.2. The number of hydrogen-bond acceptors (Lipinski definition) is 1. The third kappa shape index (κ3) is 3.81. The molecule has 0 heterocycles. The van der Waals surface area contributed by atoms with Gasteiger partial charge in [0.25, 0.3) is 0 Å². The molecular formula is C20H11F7O. The van der Waals surface area contributed by atoms with E-state index < -0.39 is 46.5 Å². The SMILES string of the molecule is Cc1ccc(C(F)(F)Oc2ccc(-c3cc(F)c(F)c(F)c3)c(F)c2)c(F)c1. The van der Waals surface area contributed by atoms with Crippen LogP contribution in [0.2, 0.25) is 0 Å². The van der Waals surface area contributed by atoms with Crippen LogP contribution in [0, 0.1) is 36.0 Å². The fraction of sp³-hybridized carbons (Fsp3) is 0.100. The molecule has 3 rings (SSSR count). The molecule has 1 nitrogen and oxygen atoms in total. The minimum Gasteiger partial charge on any atom is -0.429 e. The third-order valence-corrected chi connectivity index (χ3v) is 3.92. The lowest BCUT2D eigenvalue weighted by atomic mass is 10.0. The molecule has 0 fully saturated rings. The second-order valence-corrected chi connectivity index (χ2v) is 6.00. The van der Waals surface area contributed by atoms with Crippen molar-refractivity contribution < 1.29 is 35.5 Å². The van der Waals surface area contributed by atoms with E-state index in [0.717, 1.165) is 24.3 Å². The number of ether oxygens (including phenoxy) is 1. The summed E-state index contributed by atoms with van der Waals surface area (Å²) in [5, 5.41) is 0. The molecule has 28 heavy (non-hydrogen) atoms. The van der Waals surface area contributed by atoms with Gasteiger partial charge >= 0.3 is 6.11 Å². The Kier molecular flexibility index (Phi) is 5.06. The van der Waals surface area contributed by atoms with Crippen LogP contribution in [0.5, 0.6) is 5.75 Å². The van der Waals surface area contributed by atoms with Gasteiger partial charge in [-0.2, -0.15) is 8.78 Å². The molecule has 8 heteroatoms. The second-order valence-electron chi connectivity index (χ2n) is 6.00. The van der Waals surface area contributed by atoms with Crippen LogP contribution >= 0.6 is 0 Å². The molecule has 146 valence electrons. The van der Waals surface area contributed by atoms with Crippen LogP contribution in [-0.4, -0.2) is 0 Å². The molecule has 0 saturated carbocycles. The van der Waals surface area contributed by atoms with Crippen molar-refractivity contribution in [1.82, 2.24) is 0 Å². The standard InChI is InChI=1S/C20H11F7O/c1-10-2-5-14(16(22)6-10)20(26,27)28-12-3-4-13(15(21)9-12)11-7-17(23)19(25)18(24)8-11/h2-9H,1H3. The highest BCUT2D eigenvalue weighted by atomic mass is 19.3. The first-order chi connectivity index (χ1) is 13.1. The molecule has 0 aliphatic carbocycles. The lowest BCUT2D eigenvalue weighted by Crippen LogP contribution is -2.23. The average Bonchev–Trinajstić information content (AvgIpc) is 2.58. The number of benzene rings is 3. The van der Waals surface area contributed by atoms with Gasteiger partial charge in [0, 0.05) is 11.6 Å². The van der Waals surface area contributed by atoms with E-state index in [1.54, 1.807) is 0 Å². The zero-order chi connectivity index (χ0) is 20.6. The first kappa shape index (κ1) is 19.7. The van der Waals surface area contributed by atoms with Crippen LogP contribution in [0.15, 0.2) is 48.5 Å². The third-order valence-electron chi connectivity index (χ3n) is 3.92. The molecule has 0 aromatic heterocycles.